The van der Waals surface area contributed by atoms with E-state index in [4.69, 9.17) is 0 Å². The van der Waals surface area contributed by atoms with Crippen molar-refractivity contribution in [2.45, 2.75) is 20.4 Å². The standard InChI is InChI=1S/C16H14F2INO/c1-9-5-11(6-10(2)15(9)18)8-20-16(21)13-4-3-12(17)7-14(13)19/h3-7H,8H2,1-2H3,(H,20,21). The van der Waals surface area contributed by atoms with Crippen molar-refractivity contribution >= 4 is 28.5 Å². The number of rotatable bonds is 3. The second-order valence-electron chi connectivity index (χ2n) is 4.85. The molecule has 5 heteroatoms. The van der Waals surface area contributed by atoms with Crippen LogP contribution in [0.15, 0.2) is 30.3 Å². The SMILES string of the molecule is Cc1cc(CNC(=O)c2ccc(F)cc2I)cc(C)c1F. The summed E-state index contributed by atoms with van der Waals surface area (Å²) in [7, 11) is 0. The van der Waals surface area contributed by atoms with E-state index >= 15 is 0 Å². The summed E-state index contributed by atoms with van der Waals surface area (Å²) in [6.07, 6.45) is 0. The molecule has 0 aromatic heterocycles. The van der Waals surface area contributed by atoms with E-state index in [9.17, 15) is 13.6 Å². The van der Waals surface area contributed by atoms with Gasteiger partial charge in [0, 0.05) is 10.1 Å². The molecule has 2 aromatic rings. The van der Waals surface area contributed by atoms with Crippen LogP contribution < -0.4 is 5.32 Å². The smallest absolute Gasteiger partial charge is 0.252 e. The first-order valence-corrected chi connectivity index (χ1v) is 7.45. The van der Waals surface area contributed by atoms with Crippen molar-refractivity contribution in [3.05, 3.63) is 67.8 Å². The van der Waals surface area contributed by atoms with E-state index in [0.29, 0.717) is 26.8 Å². The first kappa shape index (κ1) is 15.9. The van der Waals surface area contributed by atoms with Gasteiger partial charge in [0.25, 0.3) is 5.91 Å². The Bertz CT molecular complexity index is 678. The highest BCUT2D eigenvalue weighted by Crippen LogP contribution is 2.16. The van der Waals surface area contributed by atoms with Gasteiger partial charge in [0.15, 0.2) is 0 Å². The van der Waals surface area contributed by atoms with Gasteiger partial charge in [0.1, 0.15) is 11.6 Å². The summed E-state index contributed by atoms with van der Waals surface area (Å²) in [6, 6.07) is 7.43. The zero-order valence-electron chi connectivity index (χ0n) is 11.6. The second-order valence-corrected chi connectivity index (χ2v) is 6.01. The van der Waals surface area contributed by atoms with E-state index in [2.05, 4.69) is 5.32 Å². The zero-order valence-corrected chi connectivity index (χ0v) is 13.8. The van der Waals surface area contributed by atoms with E-state index in [1.54, 1.807) is 26.0 Å². The molecule has 2 rings (SSSR count). The topological polar surface area (TPSA) is 29.1 Å². The summed E-state index contributed by atoms with van der Waals surface area (Å²) in [5.41, 5.74) is 2.36. The molecule has 0 saturated heterocycles. The molecule has 0 bridgehead atoms. The van der Waals surface area contributed by atoms with Gasteiger partial charge in [-0.1, -0.05) is 12.1 Å². The van der Waals surface area contributed by atoms with Crippen molar-refractivity contribution < 1.29 is 13.6 Å². The van der Waals surface area contributed by atoms with E-state index < -0.39 is 0 Å². The first-order chi connectivity index (χ1) is 9.88. The van der Waals surface area contributed by atoms with Crippen molar-refractivity contribution in [3.63, 3.8) is 0 Å². The van der Waals surface area contributed by atoms with Gasteiger partial charge in [-0.05, 0) is 71.3 Å². The summed E-state index contributed by atoms with van der Waals surface area (Å²) in [4.78, 5) is 12.1. The third-order valence-corrected chi connectivity index (χ3v) is 4.02. The summed E-state index contributed by atoms with van der Waals surface area (Å²) < 4.78 is 27.1. The summed E-state index contributed by atoms with van der Waals surface area (Å²) in [6.45, 7) is 3.68. The molecular formula is C16H14F2INO. The number of amides is 1. The maximum absolute atomic E-state index is 13.5. The van der Waals surface area contributed by atoms with Crippen molar-refractivity contribution in [2.75, 3.05) is 0 Å². The molecule has 0 aliphatic heterocycles. The Morgan fingerprint density at radius 1 is 1.14 bits per heavy atom. The highest BCUT2D eigenvalue weighted by atomic mass is 127. The van der Waals surface area contributed by atoms with Crippen molar-refractivity contribution in [2.24, 2.45) is 0 Å². The predicted octanol–water partition coefficient (Wildman–Crippen LogP) is 4.12. The van der Waals surface area contributed by atoms with Gasteiger partial charge in [-0.15, -0.1) is 0 Å². The van der Waals surface area contributed by atoms with Gasteiger partial charge < -0.3 is 5.32 Å². The molecule has 2 aromatic carbocycles. The summed E-state index contributed by atoms with van der Waals surface area (Å²) >= 11 is 1.92. The fraction of sp³-hybridized carbons (Fsp3) is 0.188. The predicted molar refractivity (Wildman–Crippen MR) is 86.2 cm³/mol. The molecule has 0 saturated carbocycles. The molecule has 0 aliphatic carbocycles. The Morgan fingerprint density at radius 3 is 2.33 bits per heavy atom. The van der Waals surface area contributed by atoms with Gasteiger partial charge >= 0.3 is 0 Å². The molecule has 110 valence electrons. The number of hydrogen-bond donors (Lipinski definition) is 1. The van der Waals surface area contributed by atoms with Crippen LogP contribution in [0.4, 0.5) is 8.78 Å². The Hall–Kier alpha value is -1.50. The molecule has 1 N–H and O–H groups in total. The molecule has 2 nitrogen and oxygen atoms in total. The number of carbonyl (C=O) groups excluding carboxylic acids is 1. The average molecular weight is 401 g/mol. The number of benzene rings is 2. The first-order valence-electron chi connectivity index (χ1n) is 6.37. The molecule has 0 spiro atoms. The fourth-order valence-corrected chi connectivity index (χ4v) is 2.81. The largest absolute Gasteiger partial charge is 0.348 e. The van der Waals surface area contributed by atoms with E-state index in [1.165, 1.54) is 18.2 Å². The van der Waals surface area contributed by atoms with Crippen LogP contribution >= 0.6 is 22.6 Å². The number of nitrogens with one attached hydrogen (secondary N) is 1. The third-order valence-electron chi connectivity index (χ3n) is 3.13. The highest BCUT2D eigenvalue weighted by molar-refractivity contribution is 14.1. The van der Waals surface area contributed by atoms with E-state index in [-0.39, 0.29) is 17.5 Å². The normalized spacial score (nSPS) is 10.5. The highest BCUT2D eigenvalue weighted by Gasteiger charge is 2.11. The minimum atomic E-state index is -0.374. The lowest BCUT2D eigenvalue weighted by Crippen LogP contribution is -2.23. The quantitative estimate of drug-likeness (QED) is 0.771. The van der Waals surface area contributed by atoms with Crippen LogP contribution in [0.3, 0.4) is 0 Å². The van der Waals surface area contributed by atoms with Crippen molar-refractivity contribution in [3.8, 4) is 0 Å². The number of hydrogen-bond acceptors (Lipinski definition) is 1. The number of carbonyl (C=O) groups is 1. The van der Waals surface area contributed by atoms with Gasteiger partial charge in [0.2, 0.25) is 0 Å². The Kier molecular flexibility index (Phi) is 4.92. The maximum atomic E-state index is 13.5. The van der Waals surface area contributed by atoms with Crippen LogP contribution in [0.2, 0.25) is 0 Å². The molecule has 0 radical (unpaired) electrons. The Balaban J connectivity index is 2.11. The van der Waals surface area contributed by atoms with Crippen molar-refractivity contribution in [1.29, 1.82) is 0 Å². The summed E-state index contributed by atoms with van der Waals surface area (Å²) in [5.74, 6) is -0.877. The second kappa shape index (κ2) is 6.51. The minimum Gasteiger partial charge on any atom is -0.348 e. The van der Waals surface area contributed by atoms with Gasteiger partial charge in [-0.25, -0.2) is 8.78 Å². The van der Waals surface area contributed by atoms with Gasteiger partial charge in [0.05, 0.1) is 5.56 Å². The maximum Gasteiger partial charge on any atom is 0.252 e. The van der Waals surface area contributed by atoms with Crippen LogP contribution in [0, 0.1) is 29.1 Å². The lowest BCUT2D eigenvalue weighted by molar-refractivity contribution is 0.0950. The van der Waals surface area contributed by atoms with Gasteiger partial charge in [-0.3, -0.25) is 4.79 Å². The molecule has 21 heavy (non-hydrogen) atoms. The lowest BCUT2D eigenvalue weighted by atomic mass is 10.1. The zero-order chi connectivity index (χ0) is 15.6. The van der Waals surface area contributed by atoms with Crippen LogP contribution in [0.1, 0.15) is 27.0 Å². The fourth-order valence-electron chi connectivity index (χ4n) is 2.09. The monoisotopic (exact) mass is 401 g/mol. The molecule has 0 heterocycles. The summed E-state index contributed by atoms with van der Waals surface area (Å²) in [5, 5.41) is 2.76. The van der Waals surface area contributed by atoms with E-state index in [1.807, 2.05) is 22.6 Å². The van der Waals surface area contributed by atoms with Crippen LogP contribution in [-0.4, -0.2) is 5.91 Å². The Morgan fingerprint density at radius 2 is 1.76 bits per heavy atom. The molecule has 0 aliphatic rings. The molecule has 0 unspecified atom stereocenters. The lowest BCUT2D eigenvalue weighted by Gasteiger charge is -2.09. The van der Waals surface area contributed by atoms with Gasteiger partial charge in [-0.2, -0.15) is 0 Å². The third kappa shape index (κ3) is 3.78. The molecule has 0 atom stereocenters. The van der Waals surface area contributed by atoms with Crippen LogP contribution in [0.5, 0.6) is 0 Å². The van der Waals surface area contributed by atoms with E-state index in [0.717, 1.165) is 5.56 Å². The minimum absolute atomic E-state index is 0.224. The van der Waals surface area contributed by atoms with Crippen LogP contribution in [0.25, 0.3) is 0 Å². The molecule has 1 amide bonds. The number of halogens is 3. The number of aryl methyl sites for hydroxylation is 2. The van der Waals surface area contributed by atoms with Crippen LogP contribution in [-0.2, 0) is 6.54 Å². The Labute approximate surface area is 135 Å². The molecular weight excluding hydrogens is 387 g/mol. The molecule has 0 fully saturated rings. The average Bonchev–Trinajstić information content (AvgIpc) is 2.42. The van der Waals surface area contributed by atoms with Crippen molar-refractivity contribution in [1.82, 2.24) is 5.32 Å².